The topological polar surface area (TPSA) is 29.1 Å². The predicted octanol–water partition coefficient (Wildman–Crippen LogP) is 4.32. The largest absolute Gasteiger partial charge is 0.326 e. The first kappa shape index (κ1) is 13.0. The van der Waals surface area contributed by atoms with E-state index < -0.39 is 0 Å². The quantitative estimate of drug-likeness (QED) is 0.887. The molecule has 2 fully saturated rings. The molecule has 0 spiro atoms. The Hall–Kier alpha value is -0.960. The Morgan fingerprint density at radius 3 is 2.42 bits per heavy atom. The molecular weight excluding hydrogens is 254 g/mol. The van der Waals surface area contributed by atoms with Gasteiger partial charge in [-0.05, 0) is 49.4 Å². The van der Waals surface area contributed by atoms with Gasteiger partial charge in [0.05, 0.1) is 0 Å². The summed E-state index contributed by atoms with van der Waals surface area (Å²) in [6, 6.07) is 8.33. The molecule has 0 aliphatic heterocycles. The van der Waals surface area contributed by atoms with Crippen LogP contribution in [0, 0.1) is 11.8 Å². The van der Waals surface area contributed by atoms with E-state index >= 15 is 0 Å². The van der Waals surface area contributed by atoms with Gasteiger partial charge in [-0.2, -0.15) is 0 Å². The highest BCUT2D eigenvalue weighted by atomic mass is 32.2. The van der Waals surface area contributed by atoms with Crippen LogP contribution >= 0.6 is 11.8 Å². The molecule has 2 aliphatic carbocycles. The van der Waals surface area contributed by atoms with Crippen molar-refractivity contribution in [3.05, 3.63) is 24.3 Å². The number of carbonyl (C=O) groups excluding carboxylic acids is 1. The van der Waals surface area contributed by atoms with E-state index in [0.29, 0.717) is 5.92 Å². The van der Waals surface area contributed by atoms with Crippen LogP contribution < -0.4 is 5.32 Å². The van der Waals surface area contributed by atoms with E-state index in [9.17, 15) is 4.79 Å². The molecule has 2 nitrogen and oxygen atoms in total. The van der Waals surface area contributed by atoms with Gasteiger partial charge in [0.2, 0.25) is 5.91 Å². The van der Waals surface area contributed by atoms with Gasteiger partial charge in [0, 0.05) is 21.8 Å². The van der Waals surface area contributed by atoms with Gasteiger partial charge in [0.25, 0.3) is 0 Å². The molecule has 2 saturated carbocycles. The smallest absolute Gasteiger partial charge is 0.227 e. The van der Waals surface area contributed by atoms with Crippen molar-refractivity contribution in [2.75, 3.05) is 5.32 Å². The van der Waals surface area contributed by atoms with E-state index in [4.69, 9.17) is 0 Å². The summed E-state index contributed by atoms with van der Waals surface area (Å²) in [5.41, 5.74) is 0.930. The van der Waals surface area contributed by atoms with Gasteiger partial charge in [-0.25, -0.2) is 0 Å². The monoisotopic (exact) mass is 275 g/mol. The van der Waals surface area contributed by atoms with Crippen LogP contribution in [-0.4, -0.2) is 11.2 Å². The molecule has 0 radical (unpaired) electrons. The number of hydrogen-bond acceptors (Lipinski definition) is 2. The number of anilines is 1. The molecule has 1 aromatic rings. The van der Waals surface area contributed by atoms with Crippen LogP contribution in [0.1, 0.15) is 39.0 Å². The van der Waals surface area contributed by atoms with Crippen LogP contribution in [0.5, 0.6) is 0 Å². The summed E-state index contributed by atoms with van der Waals surface area (Å²) in [4.78, 5) is 13.2. The van der Waals surface area contributed by atoms with Crippen molar-refractivity contribution in [1.29, 1.82) is 0 Å². The number of rotatable bonds is 4. The summed E-state index contributed by atoms with van der Waals surface area (Å²) in [5, 5.41) is 3.81. The van der Waals surface area contributed by atoms with Crippen LogP contribution in [0.25, 0.3) is 0 Å². The molecule has 1 amide bonds. The van der Waals surface area contributed by atoms with Crippen molar-refractivity contribution < 1.29 is 4.79 Å². The van der Waals surface area contributed by atoms with E-state index in [-0.39, 0.29) is 11.8 Å². The zero-order valence-electron chi connectivity index (χ0n) is 11.4. The minimum Gasteiger partial charge on any atom is -0.326 e. The zero-order chi connectivity index (χ0) is 13.2. The SMILES string of the molecule is CC1CC1C(=O)Nc1ccc(SC2CCCC2)cc1. The van der Waals surface area contributed by atoms with Crippen LogP contribution in [0.4, 0.5) is 5.69 Å². The predicted molar refractivity (Wildman–Crippen MR) is 80.5 cm³/mol. The summed E-state index contributed by atoms with van der Waals surface area (Å²) < 4.78 is 0. The Morgan fingerprint density at radius 1 is 1.21 bits per heavy atom. The highest BCUT2D eigenvalue weighted by molar-refractivity contribution is 8.00. The van der Waals surface area contributed by atoms with Crippen molar-refractivity contribution in [2.45, 2.75) is 49.2 Å². The molecule has 2 atom stereocenters. The number of carbonyl (C=O) groups is 1. The van der Waals surface area contributed by atoms with Crippen molar-refractivity contribution in [1.82, 2.24) is 0 Å². The molecule has 1 aromatic carbocycles. The van der Waals surface area contributed by atoms with Gasteiger partial charge in [0.15, 0.2) is 0 Å². The Bertz CT molecular complexity index is 450. The number of hydrogen-bond donors (Lipinski definition) is 1. The summed E-state index contributed by atoms with van der Waals surface area (Å²) >= 11 is 1.99. The third kappa shape index (κ3) is 3.33. The molecule has 2 unspecified atom stereocenters. The molecule has 3 rings (SSSR count). The molecule has 1 N–H and O–H groups in total. The number of thioether (sulfide) groups is 1. The maximum Gasteiger partial charge on any atom is 0.227 e. The summed E-state index contributed by atoms with van der Waals surface area (Å²) in [6.07, 6.45) is 6.50. The lowest BCUT2D eigenvalue weighted by Gasteiger charge is -2.09. The van der Waals surface area contributed by atoms with Gasteiger partial charge in [-0.3, -0.25) is 4.79 Å². The maximum atomic E-state index is 11.8. The first-order valence-corrected chi connectivity index (χ1v) is 8.18. The third-order valence-corrected chi connectivity index (χ3v) is 5.52. The molecule has 2 aliphatic rings. The first-order chi connectivity index (χ1) is 9.22. The van der Waals surface area contributed by atoms with Crippen LogP contribution in [0.2, 0.25) is 0 Å². The lowest BCUT2D eigenvalue weighted by Crippen LogP contribution is -2.14. The normalized spacial score (nSPS) is 26.4. The van der Waals surface area contributed by atoms with E-state index in [1.807, 2.05) is 23.9 Å². The summed E-state index contributed by atoms with van der Waals surface area (Å²) in [5.74, 6) is 0.994. The van der Waals surface area contributed by atoms with Crippen LogP contribution in [-0.2, 0) is 4.79 Å². The number of nitrogens with one attached hydrogen (secondary N) is 1. The fraction of sp³-hybridized carbons (Fsp3) is 0.562. The van der Waals surface area contributed by atoms with Gasteiger partial charge < -0.3 is 5.32 Å². The second-order valence-corrected chi connectivity index (χ2v) is 7.23. The average molecular weight is 275 g/mol. The maximum absolute atomic E-state index is 11.8. The summed E-state index contributed by atoms with van der Waals surface area (Å²) in [7, 11) is 0. The molecule has 3 heteroatoms. The van der Waals surface area contributed by atoms with Gasteiger partial charge >= 0.3 is 0 Å². The molecule has 19 heavy (non-hydrogen) atoms. The fourth-order valence-electron chi connectivity index (χ4n) is 2.74. The Balaban J connectivity index is 1.54. The Kier molecular flexibility index (Phi) is 3.83. The molecule has 0 aromatic heterocycles. The molecule has 0 heterocycles. The Morgan fingerprint density at radius 2 is 1.84 bits per heavy atom. The zero-order valence-corrected chi connectivity index (χ0v) is 12.2. The Labute approximate surface area is 119 Å². The lowest BCUT2D eigenvalue weighted by molar-refractivity contribution is -0.117. The van der Waals surface area contributed by atoms with Crippen molar-refractivity contribution in [2.24, 2.45) is 11.8 Å². The minimum absolute atomic E-state index is 0.184. The second kappa shape index (κ2) is 5.58. The molecule has 102 valence electrons. The number of benzene rings is 1. The fourth-order valence-corrected chi connectivity index (χ4v) is 3.99. The van der Waals surface area contributed by atoms with Crippen molar-refractivity contribution in [3.63, 3.8) is 0 Å². The van der Waals surface area contributed by atoms with E-state index in [0.717, 1.165) is 17.4 Å². The molecule has 0 bridgehead atoms. The van der Waals surface area contributed by atoms with E-state index in [2.05, 4.69) is 24.4 Å². The third-order valence-electron chi connectivity index (χ3n) is 4.17. The van der Waals surface area contributed by atoms with Crippen LogP contribution in [0.15, 0.2) is 29.2 Å². The average Bonchev–Trinajstić information content (AvgIpc) is 2.92. The lowest BCUT2D eigenvalue weighted by atomic mass is 10.3. The number of amides is 1. The first-order valence-electron chi connectivity index (χ1n) is 7.30. The van der Waals surface area contributed by atoms with E-state index in [1.54, 1.807) is 0 Å². The van der Waals surface area contributed by atoms with E-state index in [1.165, 1.54) is 30.6 Å². The van der Waals surface area contributed by atoms with Gasteiger partial charge in [0.1, 0.15) is 0 Å². The van der Waals surface area contributed by atoms with Crippen molar-refractivity contribution >= 4 is 23.4 Å². The second-order valence-electron chi connectivity index (χ2n) is 5.86. The standard InChI is InChI=1S/C16H21NOS/c1-11-10-15(11)16(18)17-12-6-8-14(9-7-12)19-13-4-2-3-5-13/h6-9,11,13,15H,2-5,10H2,1H3,(H,17,18). The van der Waals surface area contributed by atoms with Gasteiger partial charge in [-0.1, -0.05) is 19.8 Å². The highest BCUT2D eigenvalue weighted by Gasteiger charge is 2.38. The highest BCUT2D eigenvalue weighted by Crippen LogP contribution is 2.39. The summed E-state index contributed by atoms with van der Waals surface area (Å²) in [6.45, 7) is 2.13. The van der Waals surface area contributed by atoms with Crippen LogP contribution in [0.3, 0.4) is 0 Å². The molecular formula is C16H21NOS. The van der Waals surface area contributed by atoms with Gasteiger partial charge in [-0.15, -0.1) is 11.8 Å². The minimum atomic E-state index is 0.184. The molecule has 0 saturated heterocycles. The van der Waals surface area contributed by atoms with Crippen molar-refractivity contribution in [3.8, 4) is 0 Å².